The predicted molar refractivity (Wildman–Crippen MR) is 120 cm³/mol. The monoisotopic (exact) mass is 466 g/mol. The van der Waals surface area contributed by atoms with Crippen LogP contribution in [-0.2, 0) is 19.1 Å². The van der Waals surface area contributed by atoms with Crippen molar-refractivity contribution in [3.63, 3.8) is 0 Å². The number of nitrogens with zero attached hydrogens (tertiary/aromatic N) is 1. The molecule has 2 fully saturated rings. The molecule has 2 saturated heterocycles. The minimum absolute atomic E-state index is 0.0295. The number of amides is 2. The van der Waals surface area contributed by atoms with E-state index in [-0.39, 0.29) is 32.1 Å². The number of carbonyl (C=O) groups is 3. The summed E-state index contributed by atoms with van der Waals surface area (Å²) in [6.45, 7) is 0.317. The molecule has 0 aromatic heterocycles. The van der Waals surface area contributed by atoms with Crippen LogP contribution in [0.25, 0.3) is 11.1 Å². The number of β-amino-alcohol motifs (C(OH)–C–C–N with tert-alkyl or cyclic N) is 1. The molecule has 2 heterocycles. The van der Waals surface area contributed by atoms with Crippen molar-refractivity contribution < 1.29 is 34.1 Å². The van der Waals surface area contributed by atoms with Crippen molar-refractivity contribution in [1.29, 1.82) is 0 Å². The van der Waals surface area contributed by atoms with Crippen molar-refractivity contribution >= 4 is 18.0 Å². The molecule has 3 aliphatic rings. The SMILES string of the molecule is O=C(NC1CCOC1C(=O)N1CC(O)CC1C(=O)O)OCC1c2ccccc2-c2ccccc21. The van der Waals surface area contributed by atoms with Gasteiger partial charge in [0.15, 0.2) is 6.10 Å². The highest BCUT2D eigenvalue weighted by atomic mass is 16.6. The van der Waals surface area contributed by atoms with E-state index in [4.69, 9.17) is 9.47 Å². The molecule has 1 aliphatic carbocycles. The molecule has 0 radical (unpaired) electrons. The van der Waals surface area contributed by atoms with Crippen molar-refractivity contribution in [2.24, 2.45) is 0 Å². The summed E-state index contributed by atoms with van der Waals surface area (Å²) in [6, 6.07) is 14.3. The Balaban J connectivity index is 1.23. The molecule has 2 aliphatic heterocycles. The van der Waals surface area contributed by atoms with Crippen LogP contribution in [0.3, 0.4) is 0 Å². The lowest BCUT2D eigenvalue weighted by molar-refractivity contribution is -0.152. The normalized spacial score (nSPS) is 25.6. The molecule has 9 heteroatoms. The average Bonchev–Trinajstić information content (AvgIpc) is 3.53. The van der Waals surface area contributed by atoms with Crippen LogP contribution < -0.4 is 5.32 Å². The zero-order chi connectivity index (χ0) is 23.8. The van der Waals surface area contributed by atoms with Gasteiger partial charge in [-0.2, -0.15) is 0 Å². The minimum Gasteiger partial charge on any atom is -0.480 e. The van der Waals surface area contributed by atoms with E-state index in [1.54, 1.807) is 0 Å². The second-order valence-electron chi connectivity index (χ2n) is 8.89. The van der Waals surface area contributed by atoms with E-state index in [0.29, 0.717) is 6.42 Å². The molecule has 5 rings (SSSR count). The summed E-state index contributed by atoms with van der Waals surface area (Å²) in [6.07, 6.45) is -2.22. The second kappa shape index (κ2) is 9.08. The molecule has 0 spiro atoms. The number of likely N-dealkylation sites (tertiary alicyclic amines) is 1. The summed E-state index contributed by atoms with van der Waals surface area (Å²) in [5.74, 6) is -1.81. The molecule has 34 heavy (non-hydrogen) atoms. The Bertz CT molecular complexity index is 1070. The van der Waals surface area contributed by atoms with Crippen LogP contribution in [0.2, 0.25) is 0 Å². The average molecular weight is 466 g/mol. The number of benzene rings is 2. The van der Waals surface area contributed by atoms with Gasteiger partial charge in [0, 0.05) is 25.5 Å². The van der Waals surface area contributed by atoms with Gasteiger partial charge in [-0.05, 0) is 28.7 Å². The number of fused-ring (bicyclic) bond motifs is 3. The van der Waals surface area contributed by atoms with E-state index in [1.807, 2.05) is 36.4 Å². The van der Waals surface area contributed by atoms with Gasteiger partial charge in [-0.1, -0.05) is 48.5 Å². The van der Waals surface area contributed by atoms with Crippen LogP contribution in [0.5, 0.6) is 0 Å². The number of aliphatic carboxylic acids is 1. The van der Waals surface area contributed by atoms with Gasteiger partial charge in [-0.3, -0.25) is 4.79 Å². The lowest BCUT2D eigenvalue weighted by Crippen LogP contribution is -2.52. The molecular formula is C25H26N2O7. The highest BCUT2D eigenvalue weighted by molar-refractivity contribution is 5.88. The minimum atomic E-state index is -1.18. The number of aliphatic hydroxyl groups excluding tert-OH is 1. The second-order valence-corrected chi connectivity index (χ2v) is 8.89. The lowest BCUT2D eigenvalue weighted by Gasteiger charge is -2.27. The van der Waals surface area contributed by atoms with Crippen molar-refractivity contribution in [1.82, 2.24) is 10.2 Å². The molecule has 4 unspecified atom stereocenters. The van der Waals surface area contributed by atoms with Gasteiger partial charge in [0.1, 0.15) is 12.6 Å². The van der Waals surface area contributed by atoms with E-state index < -0.39 is 42.3 Å². The highest BCUT2D eigenvalue weighted by Gasteiger charge is 2.45. The maximum Gasteiger partial charge on any atom is 0.407 e. The van der Waals surface area contributed by atoms with Crippen molar-refractivity contribution in [3.8, 4) is 11.1 Å². The molecule has 0 saturated carbocycles. The first-order valence-corrected chi connectivity index (χ1v) is 11.4. The number of carbonyl (C=O) groups excluding carboxylic acids is 2. The Morgan fingerprint density at radius 1 is 1.06 bits per heavy atom. The van der Waals surface area contributed by atoms with Crippen LogP contribution in [0, 0.1) is 0 Å². The fourth-order valence-corrected chi connectivity index (χ4v) is 5.23. The Kier molecular flexibility index (Phi) is 5.97. The smallest absolute Gasteiger partial charge is 0.407 e. The number of aliphatic hydroxyl groups is 1. The van der Waals surface area contributed by atoms with E-state index in [9.17, 15) is 24.6 Å². The molecular weight excluding hydrogens is 440 g/mol. The Morgan fingerprint density at radius 3 is 2.35 bits per heavy atom. The van der Waals surface area contributed by atoms with E-state index in [0.717, 1.165) is 27.2 Å². The maximum atomic E-state index is 13.0. The predicted octanol–water partition coefficient (Wildman–Crippen LogP) is 1.73. The topological polar surface area (TPSA) is 125 Å². The number of nitrogens with one attached hydrogen (secondary N) is 1. The molecule has 4 atom stereocenters. The Hall–Kier alpha value is -3.43. The number of alkyl carbamates (subject to hydrolysis) is 1. The summed E-state index contributed by atoms with van der Waals surface area (Å²) in [7, 11) is 0. The molecule has 178 valence electrons. The van der Waals surface area contributed by atoms with Gasteiger partial charge < -0.3 is 29.9 Å². The number of hydrogen-bond donors (Lipinski definition) is 3. The highest BCUT2D eigenvalue weighted by Crippen LogP contribution is 2.44. The Labute approximate surface area is 196 Å². The molecule has 2 aromatic carbocycles. The number of rotatable bonds is 5. The van der Waals surface area contributed by atoms with Crippen LogP contribution in [0.1, 0.15) is 29.9 Å². The van der Waals surface area contributed by atoms with E-state index in [2.05, 4.69) is 17.4 Å². The maximum absolute atomic E-state index is 13.0. The number of ether oxygens (including phenoxy) is 2. The van der Waals surface area contributed by atoms with Gasteiger partial charge in [0.25, 0.3) is 5.91 Å². The lowest BCUT2D eigenvalue weighted by atomic mass is 9.98. The number of carboxylic acid groups (broad SMARTS) is 1. The van der Waals surface area contributed by atoms with Crippen molar-refractivity contribution in [3.05, 3.63) is 59.7 Å². The summed E-state index contributed by atoms with van der Waals surface area (Å²) in [4.78, 5) is 38.2. The summed E-state index contributed by atoms with van der Waals surface area (Å²) in [5.41, 5.74) is 4.45. The van der Waals surface area contributed by atoms with E-state index in [1.165, 1.54) is 0 Å². The third-order valence-electron chi connectivity index (χ3n) is 6.83. The van der Waals surface area contributed by atoms with E-state index >= 15 is 0 Å². The van der Waals surface area contributed by atoms with Crippen LogP contribution >= 0.6 is 0 Å². The largest absolute Gasteiger partial charge is 0.480 e. The third-order valence-corrected chi connectivity index (χ3v) is 6.83. The zero-order valence-electron chi connectivity index (χ0n) is 18.4. The fraction of sp³-hybridized carbons (Fsp3) is 0.400. The fourth-order valence-electron chi connectivity index (χ4n) is 5.23. The van der Waals surface area contributed by atoms with Gasteiger partial charge in [-0.15, -0.1) is 0 Å². The molecule has 2 aromatic rings. The van der Waals surface area contributed by atoms with Crippen LogP contribution in [0.4, 0.5) is 4.79 Å². The van der Waals surface area contributed by atoms with Gasteiger partial charge in [0.05, 0.1) is 12.1 Å². The number of carboxylic acids is 1. The summed E-state index contributed by atoms with van der Waals surface area (Å²) in [5, 5.41) is 21.9. The molecule has 0 bridgehead atoms. The first kappa shape index (κ1) is 22.4. The summed E-state index contributed by atoms with van der Waals surface area (Å²) >= 11 is 0. The quantitative estimate of drug-likeness (QED) is 0.613. The van der Waals surface area contributed by atoms with Gasteiger partial charge in [-0.25, -0.2) is 9.59 Å². The first-order chi connectivity index (χ1) is 16.4. The van der Waals surface area contributed by atoms with Gasteiger partial charge in [0.2, 0.25) is 0 Å². The molecule has 3 N–H and O–H groups in total. The molecule has 9 nitrogen and oxygen atoms in total. The standard InChI is InChI=1S/C25H26N2O7/c28-14-11-21(24(30)31)27(12-14)23(29)22-20(9-10-33-22)26-25(32)34-13-19-17-7-3-1-5-15(17)16-6-2-4-8-18(16)19/h1-8,14,19-22,28H,9-13H2,(H,26,32)(H,30,31). The zero-order valence-corrected chi connectivity index (χ0v) is 18.4. The van der Waals surface area contributed by atoms with Crippen molar-refractivity contribution in [2.45, 2.75) is 43.1 Å². The Morgan fingerprint density at radius 2 is 1.71 bits per heavy atom. The van der Waals surface area contributed by atoms with Crippen LogP contribution in [-0.4, -0.2) is 77.1 Å². The number of hydrogen-bond acceptors (Lipinski definition) is 6. The molecule has 2 amide bonds. The summed E-state index contributed by atoms with van der Waals surface area (Å²) < 4.78 is 11.1. The van der Waals surface area contributed by atoms with Crippen molar-refractivity contribution in [2.75, 3.05) is 19.8 Å². The van der Waals surface area contributed by atoms with Gasteiger partial charge >= 0.3 is 12.1 Å². The first-order valence-electron chi connectivity index (χ1n) is 11.4. The van der Waals surface area contributed by atoms with Crippen LogP contribution in [0.15, 0.2) is 48.5 Å². The third kappa shape index (κ3) is 4.01.